The standard InChI is InChI=1S/C5H11O3PS2.Na/c1-3-7-9(6,5(10)11)8-4-2;/h3-4H2,1-2H3,(H,10,11);/q;+1/p-1. The van der Waals surface area contributed by atoms with Gasteiger partial charge in [0.25, 0.3) is 7.94 Å². The molecule has 0 saturated carbocycles. The fraction of sp³-hybridized carbons (Fsp3) is 0.800. The summed E-state index contributed by atoms with van der Waals surface area (Å²) >= 11 is 9.13. The summed E-state index contributed by atoms with van der Waals surface area (Å²) in [4.78, 5) is 11.4. The minimum atomic E-state index is -3.24. The minimum absolute atomic E-state index is 0. The van der Waals surface area contributed by atoms with Crippen molar-refractivity contribution in [3.8, 4) is 0 Å². The molecule has 0 spiro atoms. The van der Waals surface area contributed by atoms with E-state index in [-0.39, 0.29) is 46.7 Å². The van der Waals surface area contributed by atoms with Gasteiger partial charge < -0.3 is 29.7 Å². The Hall–Kier alpha value is 1.62. The first kappa shape index (κ1) is 16.1. The molecule has 0 atom stereocenters. The number of hydrogen-bond donors (Lipinski definition) is 0. The predicted molar refractivity (Wildman–Crippen MR) is 50.1 cm³/mol. The molecule has 0 saturated heterocycles. The number of rotatable bonds is 5. The Morgan fingerprint density at radius 1 is 1.42 bits per heavy atom. The Bertz CT molecular complexity index is 141. The smallest absolute Gasteiger partial charge is 0.628 e. The van der Waals surface area contributed by atoms with Crippen LogP contribution in [0.1, 0.15) is 13.8 Å². The molecule has 0 aromatic carbocycles. The summed E-state index contributed by atoms with van der Waals surface area (Å²) in [6, 6.07) is 0. The van der Waals surface area contributed by atoms with Crippen LogP contribution in [0.15, 0.2) is 0 Å². The van der Waals surface area contributed by atoms with Crippen molar-refractivity contribution in [1.29, 1.82) is 0 Å². The van der Waals surface area contributed by atoms with Gasteiger partial charge >= 0.3 is 29.6 Å². The van der Waals surface area contributed by atoms with E-state index in [1.54, 1.807) is 13.8 Å². The second-order valence-electron chi connectivity index (χ2n) is 1.60. The maximum atomic E-state index is 11.4. The molecule has 0 heterocycles. The van der Waals surface area contributed by atoms with Gasteiger partial charge in [-0.15, -0.1) is 0 Å². The quantitative estimate of drug-likeness (QED) is 0.239. The molecule has 0 rings (SSSR count). The first-order chi connectivity index (χ1) is 5.06. The van der Waals surface area contributed by atoms with Crippen molar-refractivity contribution in [1.82, 2.24) is 0 Å². The van der Waals surface area contributed by atoms with E-state index in [2.05, 4.69) is 24.8 Å². The van der Waals surface area contributed by atoms with Gasteiger partial charge in [0.15, 0.2) is 0 Å². The van der Waals surface area contributed by atoms with Gasteiger partial charge in [-0.25, -0.2) is 9.05 Å². The topological polar surface area (TPSA) is 41.5 Å². The van der Waals surface area contributed by atoms with Gasteiger partial charge in [0.1, 0.15) is 0 Å². The Morgan fingerprint density at radius 3 is 1.92 bits per heavy atom. The third-order valence-corrected chi connectivity index (χ3v) is 3.81. The van der Waals surface area contributed by atoms with E-state index in [0.29, 0.717) is 0 Å². The van der Waals surface area contributed by atoms with Crippen molar-refractivity contribution in [2.24, 2.45) is 0 Å². The van der Waals surface area contributed by atoms with Crippen molar-refractivity contribution in [3.05, 3.63) is 0 Å². The van der Waals surface area contributed by atoms with Crippen LogP contribution < -0.4 is 34.5 Å². The Balaban J connectivity index is 0. The first-order valence-electron chi connectivity index (χ1n) is 3.17. The van der Waals surface area contributed by atoms with Crippen LogP contribution in [0.5, 0.6) is 0 Å². The van der Waals surface area contributed by atoms with Crippen LogP contribution in [-0.4, -0.2) is 17.2 Å². The number of hydrogen-bond acceptors (Lipinski definition) is 5. The summed E-state index contributed by atoms with van der Waals surface area (Å²) in [6.07, 6.45) is 0. The van der Waals surface area contributed by atoms with E-state index in [9.17, 15) is 4.89 Å². The summed E-state index contributed by atoms with van der Waals surface area (Å²) in [5.41, 5.74) is 0. The molecule has 0 amide bonds. The molecule has 0 aliphatic heterocycles. The summed E-state index contributed by atoms with van der Waals surface area (Å²) in [5.74, 6) is 0. The Morgan fingerprint density at radius 2 is 1.75 bits per heavy atom. The molecular weight excluding hydrogens is 226 g/mol. The van der Waals surface area contributed by atoms with Crippen molar-refractivity contribution in [3.63, 3.8) is 0 Å². The van der Waals surface area contributed by atoms with Crippen LogP contribution in [0.3, 0.4) is 0 Å². The third kappa shape index (κ3) is 5.37. The Kier molecular flexibility index (Phi) is 10.7. The van der Waals surface area contributed by atoms with E-state index < -0.39 is 7.94 Å². The fourth-order valence-corrected chi connectivity index (χ4v) is 2.08. The molecule has 0 N–H and O–H groups in total. The SMILES string of the molecule is CCO[P+]([O-])(OCC)C(=S)[S-].[Na+]. The molecule has 0 radical (unpaired) electrons. The summed E-state index contributed by atoms with van der Waals surface area (Å²) in [7, 11) is -3.24. The van der Waals surface area contributed by atoms with Gasteiger partial charge in [0, 0.05) is 0 Å². The largest absolute Gasteiger partial charge is 1.00 e. The summed E-state index contributed by atoms with van der Waals surface area (Å²) in [5, 5.41) is 0. The summed E-state index contributed by atoms with van der Waals surface area (Å²) < 4.78 is 9.51. The molecule has 0 aliphatic rings. The van der Waals surface area contributed by atoms with E-state index >= 15 is 0 Å². The van der Waals surface area contributed by atoms with Gasteiger partial charge in [-0.1, -0.05) is 0 Å². The van der Waals surface area contributed by atoms with Crippen molar-refractivity contribution < 1.29 is 43.5 Å². The van der Waals surface area contributed by atoms with E-state index in [0.717, 1.165) is 0 Å². The van der Waals surface area contributed by atoms with E-state index in [4.69, 9.17) is 9.05 Å². The van der Waals surface area contributed by atoms with Crippen molar-refractivity contribution >= 4 is 36.7 Å². The Labute approximate surface area is 106 Å². The van der Waals surface area contributed by atoms with E-state index in [1.165, 1.54) is 0 Å². The van der Waals surface area contributed by atoms with Crippen LogP contribution in [0, 0.1) is 0 Å². The zero-order valence-corrected chi connectivity index (χ0v) is 11.9. The molecular formula is C5H10NaO3PS2. The zero-order valence-electron chi connectivity index (χ0n) is 7.40. The third-order valence-electron chi connectivity index (χ3n) is 0.822. The minimum Gasteiger partial charge on any atom is -0.628 e. The van der Waals surface area contributed by atoms with Crippen LogP contribution in [-0.2, 0) is 21.7 Å². The number of thiocarbonyl (C=S) groups is 1. The molecule has 3 nitrogen and oxygen atoms in total. The molecule has 0 aromatic rings. The van der Waals surface area contributed by atoms with Gasteiger partial charge in [0.05, 0.1) is 17.2 Å². The van der Waals surface area contributed by atoms with Gasteiger partial charge in [-0.3, -0.25) is 0 Å². The second kappa shape index (κ2) is 7.97. The van der Waals surface area contributed by atoms with Crippen molar-refractivity contribution in [2.75, 3.05) is 13.2 Å². The van der Waals surface area contributed by atoms with Crippen LogP contribution in [0.2, 0.25) is 0 Å². The maximum Gasteiger partial charge on any atom is 1.00 e. The van der Waals surface area contributed by atoms with Gasteiger partial charge in [0.2, 0.25) is 0 Å². The molecule has 0 aliphatic carbocycles. The van der Waals surface area contributed by atoms with Crippen molar-refractivity contribution in [2.45, 2.75) is 13.8 Å². The molecule has 0 fully saturated rings. The normalized spacial score (nSPS) is 10.6. The molecule has 0 bridgehead atoms. The molecule has 0 aromatic heterocycles. The van der Waals surface area contributed by atoms with Gasteiger partial charge in [-0.2, -0.15) is 0 Å². The maximum absolute atomic E-state index is 11.4. The molecule has 0 unspecified atom stereocenters. The first-order valence-corrected chi connectivity index (χ1v) is 5.53. The molecule has 7 heteroatoms. The average Bonchev–Trinajstić information content (AvgIpc) is 1.88. The fourth-order valence-electron chi connectivity index (χ4n) is 0.483. The molecule has 12 heavy (non-hydrogen) atoms. The van der Waals surface area contributed by atoms with Crippen LogP contribution >= 0.6 is 20.2 Å². The predicted octanol–water partition coefficient (Wildman–Crippen LogP) is -1.98. The van der Waals surface area contributed by atoms with Crippen LogP contribution in [0.25, 0.3) is 0 Å². The zero-order chi connectivity index (χ0) is 8.91. The van der Waals surface area contributed by atoms with Gasteiger partial charge in [-0.05, 0) is 13.8 Å². The molecule has 66 valence electrons. The monoisotopic (exact) mass is 236 g/mol. The summed E-state index contributed by atoms with van der Waals surface area (Å²) in [6.45, 7) is 3.99. The second-order valence-corrected chi connectivity index (χ2v) is 5.24. The average molecular weight is 236 g/mol. The van der Waals surface area contributed by atoms with Crippen LogP contribution in [0.4, 0.5) is 0 Å². The van der Waals surface area contributed by atoms with E-state index in [1.807, 2.05) is 0 Å².